The molecule has 1 aliphatic heterocycles. The third kappa shape index (κ3) is 3.77. The summed E-state index contributed by atoms with van der Waals surface area (Å²) in [7, 11) is 0. The molecule has 28 heavy (non-hydrogen) atoms. The summed E-state index contributed by atoms with van der Waals surface area (Å²) < 4.78 is 8.39. The van der Waals surface area contributed by atoms with E-state index < -0.39 is 5.97 Å². The highest BCUT2D eigenvalue weighted by Crippen LogP contribution is 2.30. The number of nitrogens with one attached hydrogen (secondary N) is 1. The Morgan fingerprint density at radius 2 is 2.11 bits per heavy atom. The Morgan fingerprint density at radius 3 is 2.82 bits per heavy atom. The number of halogens is 1. The number of benzene rings is 2. The molecule has 2 heterocycles. The van der Waals surface area contributed by atoms with Crippen LogP contribution in [0.1, 0.15) is 28.8 Å². The standard InChI is InChI=1S/C21H22BrN3O3/c1-13-8-16(2-3-17(13)21(26)27)25-12-24-20-18(9-15(22)10-19(20)25)23-11-14-4-6-28-7-5-14/h2-3,8-10,12,14,23H,4-7,11H2,1H3,(H,26,27). The fourth-order valence-corrected chi connectivity index (χ4v) is 4.11. The second kappa shape index (κ2) is 7.93. The molecule has 0 atom stereocenters. The highest BCUT2D eigenvalue weighted by Gasteiger charge is 2.16. The van der Waals surface area contributed by atoms with E-state index in [4.69, 9.17) is 4.74 Å². The van der Waals surface area contributed by atoms with Gasteiger partial charge in [-0.2, -0.15) is 0 Å². The molecule has 0 aliphatic carbocycles. The van der Waals surface area contributed by atoms with E-state index in [2.05, 4.69) is 32.3 Å². The lowest BCUT2D eigenvalue weighted by molar-refractivity contribution is 0.0694. The first-order chi connectivity index (χ1) is 13.5. The number of rotatable bonds is 5. The minimum atomic E-state index is -0.915. The molecule has 0 saturated carbocycles. The minimum absolute atomic E-state index is 0.313. The van der Waals surface area contributed by atoms with Crippen LogP contribution in [0.5, 0.6) is 0 Å². The van der Waals surface area contributed by atoms with Gasteiger partial charge in [-0.1, -0.05) is 15.9 Å². The molecule has 7 heteroatoms. The number of aromatic nitrogens is 2. The zero-order valence-corrected chi connectivity index (χ0v) is 17.2. The number of anilines is 1. The number of carbonyl (C=O) groups is 1. The molecule has 146 valence electrons. The monoisotopic (exact) mass is 443 g/mol. The van der Waals surface area contributed by atoms with E-state index in [-0.39, 0.29) is 0 Å². The van der Waals surface area contributed by atoms with Crippen molar-refractivity contribution in [2.75, 3.05) is 25.1 Å². The van der Waals surface area contributed by atoms with Crippen molar-refractivity contribution in [1.29, 1.82) is 0 Å². The summed E-state index contributed by atoms with van der Waals surface area (Å²) in [6.45, 7) is 4.37. The van der Waals surface area contributed by atoms with Crippen LogP contribution in [0.25, 0.3) is 16.7 Å². The van der Waals surface area contributed by atoms with E-state index in [1.165, 1.54) is 0 Å². The molecule has 3 aromatic rings. The predicted molar refractivity (Wildman–Crippen MR) is 112 cm³/mol. The van der Waals surface area contributed by atoms with Crippen molar-refractivity contribution in [2.24, 2.45) is 5.92 Å². The Balaban J connectivity index is 1.67. The molecule has 1 aromatic heterocycles. The van der Waals surface area contributed by atoms with E-state index in [0.29, 0.717) is 11.5 Å². The third-order valence-electron chi connectivity index (χ3n) is 5.26. The number of ether oxygens (including phenoxy) is 1. The number of carboxylic acid groups (broad SMARTS) is 1. The normalized spacial score (nSPS) is 15.1. The average molecular weight is 444 g/mol. The smallest absolute Gasteiger partial charge is 0.335 e. The molecule has 1 fully saturated rings. The second-order valence-corrected chi connectivity index (χ2v) is 8.09. The van der Waals surface area contributed by atoms with Crippen molar-refractivity contribution in [2.45, 2.75) is 19.8 Å². The number of hydrogen-bond donors (Lipinski definition) is 2. The van der Waals surface area contributed by atoms with Crippen LogP contribution in [0.2, 0.25) is 0 Å². The van der Waals surface area contributed by atoms with Crippen molar-refractivity contribution >= 4 is 38.6 Å². The molecule has 1 saturated heterocycles. The zero-order valence-electron chi connectivity index (χ0n) is 15.6. The number of hydrogen-bond acceptors (Lipinski definition) is 4. The van der Waals surface area contributed by atoms with E-state index in [0.717, 1.165) is 65.0 Å². The Morgan fingerprint density at radius 1 is 1.32 bits per heavy atom. The SMILES string of the molecule is Cc1cc(-n2cnc3c(NCC4CCOCC4)cc(Br)cc32)ccc1C(=O)O. The molecule has 6 nitrogen and oxygen atoms in total. The third-order valence-corrected chi connectivity index (χ3v) is 5.71. The van der Waals surface area contributed by atoms with Gasteiger partial charge in [0.2, 0.25) is 0 Å². The summed E-state index contributed by atoms with van der Waals surface area (Å²) in [6.07, 6.45) is 3.94. The zero-order chi connectivity index (χ0) is 19.7. The van der Waals surface area contributed by atoms with Crippen molar-refractivity contribution in [3.8, 4) is 5.69 Å². The van der Waals surface area contributed by atoms with Gasteiger partial charge in [-0.3, -0.25) is 4.57 Å². The van der Waals surface area contributed by atoms with Crippen molar-refractivity contribution in [3.63, 3.8) is 0 Å². The topological polar surface area (TPSA) is 76.4 Å². The maximum atomic E-state index is 11.3. The largest absolute Gasteiger partial charge is 0.478 e. The van der Waals surface area contributed by atoms with Crippen LogP contribution in [-0.4, -0.2) is 40.4 Å². The number of carboxylic acids is 1. The number of nitrogens with zero attached hydrogens (tertiary/aromatic N) is 2. The molecular formula is C21H22BrN3O3. The first kappa shape index (κ1) is 19.0. The summed E-state index contributed by atoms with van der Waals surface area (Å²) in [5.41, 5.74) is 4.78. The fourth-order valence-electron chi connectivity index (χ4n) is 3.66. The van der Waals surface area contributed by atoms with Crippen LogP contribution in [0.3, 0.4) is 0 Å². The lowest BCUT2D eigenvalue weighted by atomic mass is 10.0. The van der Waals surface area contributed by atoms with Gasteiger partial charge in [0.05, 0.1) is 16.8 Å². The van der Waals surface area contributed by atoms with Crippen molar-refractivity contribution in [1.82, 2.24) is 9.55 Å². The minimum Gasteiger partial charge on any atom is -0.478 e. The van der Waals surface area contributed by atoms with Gasteiger partial charge in [-0.05, 0) is 61.6 Å². The quantitative estimate of drug-likeness (QED) is 0.600. The summed E-state index contributed by atoms with van der Waals surface area (Å²) in [5.74, 6) is -0.307. The fraction of sp³-hybridized carbons (Fsp3) is 0.333. The van der Waals surface area contributed by atoms with Gasteiger partial charge in [-0.15, -0.1) is 0 Å². The van der Waals surface area contributed by atoms with Crippen LogP contribution < -0.4 is 5.32 Å². The highest BCUT2D eigenvalue weighted by molar-refractivity contribution is 9.10. The Hall–Kier alpha value is -2.38. The maximum Gasteiger partial charge on any atom is 0.335 e. The van der Waals surface area contributed by atoms with Gasteiger partial charge < -0.3 is 15.2 Å². The Labute approximate surface area is 171 Å². The molecule has 0 radical (unpaired) electrons. The summed E-state index contributed by atoms with van der Waals surface area (Å²) in [6, 6.07) is 9.41. The first-order valence-corrected chi connectivity index (χ1v) is 10.1. The van der Waals surface area contributed by atoms with Crippen molar-refractivity contribution < 1.29 is 14.6 Å². The van der Waals surface area contributed by atoms with Gasteiger partial charge in [0.15, 0.2) is 0 Å². The Bertz CT molecular complexity index is 1030. The summed E-state index contributed by atoms with van der Waals surface area (Å²) in [4.78, 5) is 15.9. The highest BCUT2D eigenvalue weighted by atomic mass is 79.9. The molecule has 4 rings (SSSR count). The summed E-state index contributed by atoms with van der Waals surface area (Å²) >= 11 is 3.61. The lowest BCUT2D eigenvalue weighted by Gasteiger charge is -2.22. The van der Waals surface area contributed by atoms with Crippen LogP contribution in [0.15, 0.2) is 41.1 Å². The van der Waals surface area contributed by atoms with E-state index in [9.17, 15) is 9.90 Å². The second-order valence-electron chi connectivity index (χ2n) is 7.18. The molecule has 0 spiro atoms. The summed E-state index contributed by atoms with van der Waals surface area (Å²) in [5, 5.41) is 12.8. The average Bonchev–Trinajstić information content (AvgIpc) is 3.10. The predicted octanol–water partition coefficient (Wildman–Crippen LogP) is 4.63. The van der Waals surface area contributed by atoms with Gasteiger partial charge in [0, 0.05) is 29.9 Å². The Kier molecular flexibility index (Phi) is 5.37. The lowest BCUT2D eigenvalue weighted by Crippen LogP contribution is -2.22. The van der Waals surface area contributed by atoms with Crippen LogP contribution >= 0.6 is 15.9 Å². The van der Waals surface area contributed by atoms with Gasteiger partial charge in [0.1, 0.15) is 11.8 Å². The van der Waals surface area contributed by atoms with E-state index in [1.54, 1.807) is 12.4 Å². The van der Waals surface area contributed by atoms with Crippen molar-refractivity contribution in [3.05, 3.63) is 52.3 Å². The van der Waals surface area contributed by atoms with E-state index >= 15 is 0 Å². The first-order valence-electron chi connectivity index (χ1n) is 9.35. The maximum absolute atomic E-state index is 11.3. The van der Waals surface area contributed by atoms with Crippen LogP contribution in [0.4, 0.5) is 5.69 Å². The number of fused-ring (bicyclic) bond motifs is 1. The van der Waals surface area contributed by atoms with Gasteiger partial charge >= 0.3 is 5.97 Å². The molecule has 2 aromatic carbocycles. The molecule has 0 unspecified atom stereocenters. The number of imidazole rings is 1. The number of aryl methyl sites for hydroxylation is 1. The van der Waals surface area contributed by atoms with Gasteiger partial charge in [-0.25, -0.2) is 9.78 Å². The molecular weight excluding hydrogens is 422 g/mol. The molecule has 2 N–H and O–H groups in total. The molecule has 1 aliphatic rings. The van der Waals surface area contributed by atoms with Crippen LogP contribution in [0, 0.1) is 12.8 Å². The van der Waals surface area contributed by atoms with Crippen LogP contribution in [-0.2, 0) is 4.74 Å². The van der Waals surface area contributed by atoms with E-state index in [1.807, 2.05) is 29.7 Å². The van der Waals surface area contributed by atoms with Gasteiger partial charge in [0.25, 0.3) is 0 Å². The molecule has 0 amide bonds. The molecule has 0 bridgehead atoms. The number of aromatic carboxylic acids is 1.